The van der Waals surface area contributed by atoms with Crippen LogP contribution >= 0.6 is 11.3 Å². The van der Waals surface area contributed by atoms with Gasteiger partial charge >= 0.3 is 5.97 Å². The summed E-state index contributed by atoms with van der Waals surface area (Å²) in [6.45, 7) is 0. The molecule has 0 saturated heterocycles. The van der Waals surface area contributed by atoms with Gasteiger partial charge in [-0.05, 0) is 42.5 Å². The minimum absolute atomic E-state index is 0.578. The number of carboxylic acids is 1. The number of hydrogen-bond donors (Lipinski definition) is 1. The summed E-state index contributed by atoms with van der Waals surface area (Å²) in [5, 5.41) is 9.15. The molecule has 0 saturated carbocycles. The van der Waals surface area contributed by atoms with Crippen molar-refractivity contribution in [3.8, 4) is 0 Å². The van der Waals surface area contributed by atoms with Crippen molar-refractivity contribution in [1.82, 2.24) is 4.98 Å². The maximum atomic E-state index is 11.1. The molecule has 3 nitrogen and oxygen atoms in total. The number of benzene rings is 1. The molecule has 3 rings (SSSR count). The van der Waals surface area contributed by atoms with Crippen molar-refractivity contribution in [1.29, 1.82) is 0 Å². The summed E-state index contributed by atoms with van der Waals surface area (Å²) >= 11 is 1.59. The lowest BCUT2D eigenvalue weighted by Gasteiger charge is -2.04. The first-order chi connectivity index (χ1) is 8.25. The Balaban J connectivity index is 2.14. The molecule has 1 N–H and O–H groups in total. The number of hydrogen-bond acceptors (Lipinski definition) is 3. The lowest BCUT2D eigenvalue weighted by molar-refractivity contribution is -0.132. The molecule has 0 bridgehead atoms. The van der Waals surface area contributed by atoms with E-state index >= 15 is 0 Å². The van der Waals surface area contributed by atoms with E-state index < -0.39 is 5.97 Å². The van der Waals surface area contributed by atoms with Gasteiger partial charge in [0.1, 0.15) is 0 Å². The maximum absolute atomic E-state index is 11.1. The average molecular weight is 245 g/mol. The Morgan fingerprint density at radius 2 is 2.24 bits per heavy atom. The van der Waals surface area contributed by atoms with Crippen molar-refractivity contribution in [2.45, 2.75) is 19.3 Å². The number of fused-ring (bicyclic) bond motifs is 1. The molecule has 0 spiro atoms. The predicted octanol–water partition coefficient (Wildman–Crippen LogP) is 3.32. The molecule has 0 aliphatic heterocycles. The SMILES string of the molecule is O=C(O)C1=C(c2ccc3ncsc3c2)CCC1. The highest BCUT2D eigenvalue weighted by Crippen LogP contribution is 2.35. The highest BCUT2D eigenvalue weighted by molar-refractivity contribution is 7.16. The first kappa shape index (κ1) is 10.5. The van der Waals surface area contributed by atoms with Gasteiger partial charge < -0.3 is 5.11 Å². The maximum Gasteiger partial charge on any atom is 0.331 e. The fourth-order valence-electron chi connectivity index (χ4n) is 2.34. The summed E-state index contributed by atoms with van der Waals surface area (Å²) in [5.41, 5.74) is 5.41. The molecule has 1 heterocycles. The fourth-order valence-corrected chi connectivity index (χ4v) is 3.06. The molecule has 1 aromatic heterocycles. The largest absolute Gasteiger partial charge is 0.478 e. The van der Waals surface area contributed by atoms with E-state index in [1.807, 2.05) is 17.6 Å². The molecule has 2 aromatic rings. The van der Waals surface area contributed by atoms with E-state index in [1.54, 1.807) is 11.3 Å². The van der Waals surface area contributed by atoms with Gasteiger partial charge in [-0.2, -0.15) is 0 Å². The average Bonchev–Trinajstić information content (AvgIpc) is 2.96. The number of nitrogens with zero attached hydrogens (tertiary/aromatic N) is 1. The van der Waals surface area contributed by atoms with E-state index in [0.717, 1.165) is 34.2 Å². The Bertz CT molecular complexity index is 627. The molecule has 0 radical (unpaired) electrons. The van der Waals surface area contributed by atoms with Crippen LogP contribution in [0.3, 0.4) is 0 Å². The summed E-state index contributed by atoms with van der Waals surface area (Å²) < 4.78 is 1.12. The third kappa shape index (κ3) is 1.74. The third-order valence-corrected chi connectivity index (χ3v) is 3.95. The lowest BCUT2D eigenvalue weighted by atomic mass is 10.0. The highest BCUT2D eigenvalue weighted by Gasteiger charge is 2.21. The van der Waals surface area contributed by atoms with Gasteiger partial charge in [-0.25, -0.2) is 9.78 Å². The number of aliphatic carboxylic acids is 1. The highest BCUT2D eigenvalue weighted by atomic mass is 32.1. The molecule has 4 heteroatoms. The van der Waals surface area contributed by atoms with Crippen LogP contribution in [-0.2, 0) is 4.79 Å². The van der Waals surface area contributed by atoms with Crippen molar-refractivity contribution in [3.63, 3.8) is 0 Å². The van der Waals surface area contributed by atoms with Gasteiger partial charge in [0.15, 0.2) is 0 Å². The molecule has 1 aliphatic rings. The summed E-state index contributed by atoms with van der Waals surface area (Å²) in [4.78, 5) is 15.4. The van der Waals surface area contributed by atoms with E-state index in [-0.39, 0.29) is 0 Å². The van der Waals surface area contributed by atoms with Crippen LogP contribution in [0, 0.1) is 0 Å². The second kappa shape index (κ2) is 3.96. The second-order valence-corrected chi connectivity index (χ2v) is 5.04. The van der Waals surface area contributed by atoms with Crippen LogP contribution in [0.4, 0.5) is 0 Å². The zero-order chi connectivity index (χ0) is 11.8. The van der Waals surface area contributed by atoms with Gasteiger partial charge in [0.25, 0.3) is 0 Å². The smallest absolute Gasteiger partial charge is 0.331 e. The number of rotatable bonds is 2. The number of carboxylic acid groups (broad SMARTS) is 1. The van der Waals surface area contributed by atoms with Crippen molar-refractivity contribution in [2.75, 3.05) is 0 Å². The van der Waals surface area contributed by atoms with E-state index in [4.69, 9.17) is 5.11 Å². The van der Waals surface area contributed by atoms with Gasteiger partial charge in [0.2, 0.25) is 0 Å². The number of carbonyl (C=O) groups is 1. The lowest BCUT2D eigenvalue weighted by Crippen LogP contribution is -1.99. The molecule has 1 aliphatic carbocycles. The van der Waals surface area contributed by atoms with Crippen molar-refractivity contribution >= 4 is 33.1 Å². The minimum Gasteiger partial charge on any atom is -0.478 e. The molecule has 0 unspecified atom stereocenters. The van der Waals surface area contributed by atoms with Crippen LogP contribution < -0.4 is 0 Å². The van der Waals surface area contributed by atoms with Gasteiger partial charge in [0, 0.05) is 5.57 Å². The molecule has 86 valence electrons. The quantitative estimate of drug-likeness (QED) is 0.883. The molecule has 0 fully saturated rings. The molecule has 1 aromatic carbocycles. The van der Waals surface area contributed by atoms with E-state index in [9.17, 15) is 4.79 Å². The Kier molecular flexibility index (Phi) is 2.44. The van der Waals surface area contributed by atoms with Crippen LogP contribution in [0.25, 0.3) is 15.8 Å². The van der Waals surface area contributed by atoms with Gasteiger partial charge in [-0.1, -0.05) is 6.07 Å². The molecular formula is C13H11NO2S. The van der Waals surface area contributed by atoms with E-state index in [1.165, 1.54) is 0 Å². The zero-order valence-electron chi connectivity index (χ0n) is 9.14. The zero-order valence-corrected chi connectivity index (χ0v) is 9.96. The minimum atomic E-state index is -0.776. The van der Waals surface area contributed by atoms with Crippen LogP contribution in [-0.4, -0.2) is 16.1 Å². The summed E-state index contributed by atoms with van der Waals surface area (Å²) in [7, 11) is 0. The Morgan fingerprint density at radius 3 is 3.06 bits per heavy atom. The van der Waals surface area contributed by atoms with Gasteiger partial charge in [-0.15, -0.1) is 11.3 Å². The van der Waals surface area contributed by atoms with E-state index in [0.29, 0.717) is 12.0 Å². The normalized spacial score (nSPS) is 15.8. The number of thiazole rings is 1. The standard InChI is InChI=1S/C13H11NO2S/c15-13(16)10-3-1-2-9(10)8-4-5-11-12(6-8)17-7-14-11/h4-7H,1-3H2,(H,15,16). The number of allylic oxidation sites excluding steroid dienone is 1. The van der Waals surface area contributed by atoms with Crippen LogP contribution in [0.15, 0.2) is 29.3 Å². The molecular weight excluding hydrogens is 234 g/mol. The van der Waals surface area contributed by atoms with Crippen molar-refractivity contribution in [2.24, 2.45) is 0 Å². The Labute approximate surface area is 102 Å². The summed E-state index contributed by atoms with van der Waals surface area (Å²) in [6.07, 6.45) is 2.50. The molecule has 0 atom stereocenters. The monoisotopic (exact) mass is 245 g/mol. The molecule has 17 heavy (non-hydrogen) atoms. The van der Waals surface area contributed by atoms with Crippen LogP contribution in [0.1, 0.15) is 24.8 Å². The van der Waals surface area contributed by atoms with Crippen LogP contribution in [0.5, 0.6) is 0 Å². The Morgan fingerprint density at radius 1 is 1.35 bits per heavy atom. The first-order valence-electron chi connectivity index (χ1n) is 5.54. The summed E-state index contributed by atoms with van der Waals surface area (Å²) in [5.74, 6) is -0.776. The predicted molar refractivity (Wildman–Crippen MR) is 68.0 cm³/mol. The Hall–Kier alpha value is -1.68. The van der Waals surface area contributed by atoms with E-state index in [2.05, 4.69) is 11.1 Å². The van der Waals surface area contributed by atoms with Crippen LogP contribution in [0.2, 0.25) is 0 Å². The first-order valence-corrected chi connectivity index (χ1v) is 6.42. The van der Waals surface area contributed by atoms with Crippen molar-refractivity contribution in [3.05, 3.63) is 34.8 Å². The number of aromatic nitrogens is 1. The fraction of sp³-hybridized carbons (Fsp3) is 0.231. The second-order valence-electron chi connectivity index (χ2n) is 4.15. The molecule has 0 amide bonds. The topological polar surface area (TPSA) is 50.2 Å². The summed E-state index contributed by atoms with van der Waals surface area (Å²) in [6, 6.07) is 5.99. The van der Waals surface area contributed by atoms with Gasteiger partial charge in [0.05, 0.1) is 15.7 Å². The third-order valence-electron chi connectivity index (χ3n) is 3.16. The van der Waals surface area contributed by atoms with Crippen molar-refractivity contribution < 1.29 is 9.90 Å². The van der Waals surface area contributed by atoms with Gasteiger partial charge in [-0.3, -0.25) is 0 Å².